The molecule has 0 unspecified atom stereocenters. The number of H-pyrrole nitrogens is 1. The highest BCUT2D eigenvalue weighted by Crippen LogP contribution is 2.23. The summed E-state index contributed by atoms with van der Waals surface area (Å²) in [6, 6.07) is 19.4. The fourth-order valence-electron chi connectivity index (χ4n) is 3.71. The number of fused-ring (bicyclic) bond motifs is 1. The largest absolute Gasteiger partial charge is 0.358 e. The Morgan fingerprint density at radius 3 is 2.17 bits per heavy atom. The molecule has 2 heterocycles. The van der Waals surface area contributed by atoms with Gasteiger partial charge in [0.2, 0.25) is 0 Å². The van der Waals surface area contributed by atoms with Gasteiger partial charge in [0.25, 0.3) is 0 Å². The van der Waals surface area contributed by atoms with Crippen molar-refractivity contribution in [1.82, 2.24) is 14.8 Å². The predicted molar refractivity (Wildman–Crippen MR) is 100 cm³/mol. The van der Waals surface area contributed by atoms with E-state index < -0.39 is 0 Å². The van der Waals surface area contributed by atoms with Crippen molar-refractivity contribution in [2.75, 3.05) is 26.2 Å². The Balaban J connectivity index is 1.38. The number of hydrogen-bond acceptors (Lipinski definition) is 2. The van der Waals surface area contributed by atoms with Crippen molar-refractivity contribution in [3.05, 3.63) is 71.4 Å². The van der Waals surface area contributed by atoms with Crippen LogP contribution in [0.1, 0.15) is 16.8 Å². The van der Waals surface area contributed by atoms with Crippen molar-refractivity contribution < 1.29 is 0 Å². The number of piperazine rings is 1. The number of aromatic nitrogens is 1. The molecule has 124 valence electrons. The summed E-state index contributed by atoms with van der Waals surface area (Å²) in [6.45, 7) is 8.90. The first-order chi connectivity index (χ1) is 11.8. The normalized spacial score (nSPS) is 16.7. The second-order valence-electron chi connectivity index (χ2n) is 6.81. The van der Waals surface area contributed by atoms with Crippen LogP contribution in [0.5, 0.6) is 0 Å². The maximum absolute atomic E-state index is 3.52. The number of rotatable bonds is 4. The van der Waals surface area contributed by atoms with Gasteiger partial charge in [0.1, 0.15) is 0 Å². The first-order valence-corrected chi connectivity index (χ1v) is 8.84. The van der Waals surface area contributed by atoms with Gasteiger partial charge in [0, 0.05) is 55.9 Å². The highest BCUT2D eigenvalue weighted by molar-refractivity contribution is 5.84. The zero-order chi connectivity index (χ0) is 16.4. The Kier molecular flexibility index (Phi) is 4.37. The summed E-state index contributed by atoms with van der Waals surface area (Å²) in [6.07, 6.45) is 0. The predicted octanol–water partition coefficient (Wildman–Crippen LogP) is 3.79. The summed E-state index contributed by atoms with van der Waals surface area (Å²) in [5.41, 5.74) is 5.44. The van der Waals surface area contributed by atoms with Gasteiger partial charge in [-0.2, -0.15) is 0 Å². The van der Waals surface area contributed by atoms with Gasteiger partial charge >= 0.3 is 0 Å². The molecule has 1 aliphatic heterocycles. The Bertz CT molecular complexity index is 798. The minimum atomic E-state index is 1.05. The van der Waals surface area contributed by atoms with Gasteiger partial charge in [-0.1, -0.05) is 48.5 Å². The van der Waals surface area contributed by atoms with Crippen LogP contribution in [0.25, 0.3) is 10.9 Å². The molecule has 4 rings (SSSR count). The van der Waals surface area contributed by atoms with E-state index in [1.165, 1.54) is 27.7 Å². The number of para-hydroxylation sites is 1. The van der Waals surface area contributed by atoms with E-state index in [9.17, 15) is 0 Å². The van der Waals surface area contributed by atoms with Gasteiger partial charge < -0.3 is 4.98 Å². The van der Waals surface area contributed by atoms with Crippen molar-refractivity contribution in [3.8, 4) is 0 Å². The van der Waals surface area contributed by atoms with Crippen LogP contribution in [0.4, 0.5) is 0 Å². The number of aryl methyl sites for hydroxylation is 1. The van der Waals surface area contributed by atoms with Crippen molar-refractivity contribution in [3.63, 3.8) is 0 Å². The molecule has 0 aliphatic carbocycles. The van der Waals surface area contributed by atoms with Gasteiger partial charge in [-0.25, -0.2) is 0 Å². The lowest BCUT2D eigenvalue weighted by atomic mass is 10.1. The number of nitrogens with one attached hydrogen (secondary N) is 1. The molecule has 2 aromatic carbocycles. The molecule has 0 bridgehead atoms. The topological polar surface area (TPSA) is 22.3 Å². The lowest BCUT2D eigenvalue weighted by Crippen LogP contribution is -2.45. The van der Waals surface area contributed by atoms with Crippen molar-refractivity contribution in [2.45, 2.75) is 20.0 Å². The zero-order valence-corrected chi connectivity index (χ0v) is 14.3. The summed E-state index contributed by atoms with van der Waals surface area (Å²) in [5.74, 6) is 0. The molecule has 0 radical (unpaired) electrons. The molecule has 1 aromatic heterocycles. The second-order valence-corrected chi connectivity index (χ2v) is 6.81. The molecule has 3 aromatic rings. The average Bonchev–Trinajstić information content (AvgIpc) is 2.93. The van der Waals surface area contributed by atoms with Gasteiger partial charge in [-0.3, -0.25) is 9.80 Å². The first-order valence-electron chi connectivity index (χ1n) is 8.84. The molecule has 1 fully saturated rings. The summed E-state index contributed by atoms with van der Waals surface area (Å²) in [4.78, 5) is 8.67. The number of benzene rings is 2. The van der Waals surface area contributed by atoms with Gasteiger partial charge in [0.05, 0.1) is 0 Å². The monoisotopic (exact) mass is 319 g/mol. The molecular weight excluding hydrogens is 294 g/mol. The maximum Gasteiger partial charge on any atom is 0.0459 e. The molecule has 3 heteroatoms. The van der Waals surface area contributed by atoms with Crippen LogP contribution in [0.15, 0.2) is 54.6 Å². The van der Waals surface area contributed by atoms with Crippen LogP contribution in [0.3, 0.4) is 0 Å². The van der Waals surface area contributed by atoms with E-state index >= 15 is 0 Å². The molecule has 1 saturated heterocycles. The second kappa shape index (κ2) is 6.80. The molecule has 3 nitrogen and oxygen atoms in total. The zero-order valence-electron chi connectivity index (χ0n) is 14.3. The third-order valence-electron chi connectivity index (χ3n) is 5.12. The Hall–Kier alpha value is -2.10. The molecule has 0 saturated carbocycles. The van der Waals surface area contributed by atoms with Gasteiger partial charge in [-0.05, 0) is 24.1 Å². The summed E-state index contributed by atoms with van der Waals surface area (Å²) in [7, 11) is 0. The molecule has 1 N–H and O–H groups in total. The summed E-state index contributed by atoms with van der Waals surface area (Å²) >= 11 is 0. The number of aromatic amines is 1. The highest BCUT2D eigenvalue weighted by Gasteiger charge is 2.19. The van der Waals surface area contributed by atoms with Crippen molar-refractivity contribution >= 4 is 10.9 Å². The van der Waals surface area contributed by atoms with Crippen LogP contribution in [0.2, 0.25) is 0 Å². The van der Waals surface area contributed by atoms with E-state index in [4.69, 9.17) is 0 Å². The number of hydrogen-bond donors (Lipinski definition) is 1. The number of nitrogens with zero attached hydrogens (tertiary/aromatic N) is 2. The fourth-order valence-corrected chi connectivity index (χ4v) is 3.71. The van der Waals surface area contributed by atoms with E-state index in [-0.39, 0.29) is 0 Å². The van der Waals surface area contributed by atoms with Crippen molar-refractivity contribution in [1.29, 1.82) is 0 Å². The standard InChI is InChI=1S/C21H25N3/c1-17-20(19-9-5-6-10-21(19)22-17)16-24-13-11-23(12-14-24)15-18-7-3-2-4-8-18/h2-10,22H,11-16H2,1H3. The Morgan fingerprint density at radius 2 is 1.42 bits per heavy atom. The summed E-state index contributed by atoms with van der Waals surface area (Å²) in [5, 5.41) is 1.38. The van der Waals surface area contributed by atoms with Crippen LogP contribution in [-0.2, 0) is 13.1 Å². The van der Waals surface area contributed by atoms with Gasteiger partial charge in [-0.15, -0.1) is 0 Å². The minimum Gasteiger partial charge on any atom is -0.358 e. The third-order valence-corrected chi connectivity index (χ3v) is 5.12. The van der Waals surface area contributed by atoms with Gasteiger partial charge in [0.15, 0.2) is 0 Å². The Morgan fingerprint density at radius 1 is 0.792 bits per heavy atom. The minimum absolute atomic E-state index is 1.05. The van der Waals surface area contributed by atoms with Crippen LogP contribution < -0.4 is 0 Å². The van der Waals surface area contributed by atoms with E-state index in [0.29, 0.717) is 0 Å². The molecule has 0 amide bonds. The molecular formula is C21H25N3. The average molecular weight is 319 g/mol. The quantitative estimate of drug-likeness (QED) is 0.790. The van der Waals surface area contributed by atoms with E-state index in [1.807, 2.05) is 0 Å². The van der Waals surface area contributed by atoms with E-state index in [2.05, 4.69) is 76.3 Å². The van der Waals surface area contributed by atoms with Crippen LogP contribution >= 0.6 is 0 Å². The smallest absolute Gasteiger partial charge is 0.0459 e. The van der Waals surface area contributed by atoms with Crippen LogP contribution in [0, 0.1) is 6.92 Å². The summed E-state index contributed by atoms with van der Waals surface area (Å²) < 4.78 is 0. The molecule has 0 spiro atoms. The Labute approximate surface area is 143 Å². The lowest BCUT2D eigenvalue weighted by Gasteiger charge is -2.34. The highest BCUT2D eigenvalue weighted by atomic mass is 15.3. The lowest BCUT2D eigenvalue weighted by molar-refractivity contribution is 0.122. The third kappa shape index (κ3) is 3.23. The first kappa shape index (κ1) is 15.4. The molecule has 1 aliphatic rings. The maximum atomic E-state index is 3.52. The van der Waals surface area contributed by atoms with E-state index in [0.717, 1.165) is 39.3 Å². The van der Waals surface area contributed by atoms with Crippen LogP contribution in [-0.4, -0.2) is 41.0 Å². The van der Waals surface area contributed by atoms with E-state index in [1.54, 1.807) is 0 Å². The molecule has 24 heavy (non-hydrogen) atoms. The molecule has 0 atom stereocenters. The van der Waals surface area contributed by atoms with Crippen molar-refractivity contribution in [2.24, 2.45) is 0 Å². The fraction of sp³-hybridized carbons (Fsp3) is 0.333. The SMILES string of the molecule is Cc1[nH]c2ccccc2c1CN1CCN(Cc2ccccc2)CC1.